The van der Waals surface area contributed by atoms with E-state index in [1.807, 2.05) is 6.92 Å². The first-order chi connectivity index (χ1) is 4.70. The zero-order valence-corrected chi connectivity index (χ0v) is 7.27. The van der Waals surface area contributed by atoms with Gasteiger partial charge in [0.2, 0.25) is 0 Å². The van der Waals surface area contributed by atoms with Crippen LogP contribution in [0.3, 0.4) is 0 Å². The van der Waals surface area contributed by atoms with Crippen LogP contribution in [-0.4, -0.2) is 29.8 Å². The van der Waals surface area contributed by atoms with E-state index in [1.54, 1.807) is 6.92 Å². The summed E-state index contributed by atoms with van der Waals surface area (Å²) in [7, 11) is 0. The number of halogens is 1. The minimum absolute atomic E-state index is 0.116. The van der Waals surface area contributed by atoms with Crippen molar-refractivity contribution >= 4 is 11.6 Å². The lowest BCUT2D eigenvalue weighted by Crippen LogP contribution is -1.93. The minimum atomic E-state index is -0.116. The summed E-state index contributed by atoms with van der Waals surface area (Å²) in [4.78, 5) is 0. The molecule has 1 N–H and O–H groups in total. The van der Waals surface area contributed by atoms with Crippen molar-refractivity contribution in [3.63, 3.8) is 0 Å². The molecule has 2 unspecified atom stereocenters. The molecule has 0 saturated carbocycles. The van der Waals surface area contributed by atoms with Gasteiger partial charge in [-0.1, -0.05) is 6.92 Å². The smallest absolute Gasteiger partial charge is 0.0944 e. The van der Waals surface area contributed by atoms with Gasteiger partial charge < -0.3 is 9.84 Å². The highest BCUT2D eigenvalue weighted by molar-refractivity contribution is 6.18. The molecule has 62 valence electrons. The molecule has 10 heavy (non-hydrogen) atoms. The van der Waals surface area contributed by atoms with E-state index < -0.39 is 0 Å². The van der Waals surface area contributed by atoms with Crippen LogP contribution in [0.2, 0.25) is 0 Å². The molecule has 0 bridgehead atoms. The van der Waals surface area contributed by atoms with Crippen LogP contribution in [0.5, 0.6) is 0 Å². The van der Waals surface area contributed by atoms with E-state index in [1.165, 1.54) is 0 Å². The molecule has 2 nitrogen and oxygen atoms in total. The Morgan fingerprint density at radius 2 is 2.20 bits per heavy atom. The SMILES string of the molecule is CCC(C)O.ClCC1CO1. The van der Waals surface area contributed by atoms with Crippen molar-refractivity contribution in [3.05, 3.63) is 0 Å². The van der Waals surface area contributed by atoms with Gasteiger partial charge in [-0.2, -0.15) is 0 Å². The lowest BCUT2D eigenvalue weighted by Gasteiger charge is -1.90. The fraction of sp³-hybridized carbons (Fsp3) is 1.00. The van der Waals surface area contributed by atoms with Crippen LogP contribution in [0.4, 0.5) is 0 Å². The highest BCUT2D eigenvalue weighted by atomic mass is 35.5. The summed E-state index contributed by atoms with van der Waals surface area (Å²) in [5.74, 6) is 0.667. The fourth-order valence-corrected chi connectivity index (χ4v) is 0.335. The van der Waals surface area contributed by atoms with Gasteiger partial charge in [-0.15, -0.1) is 11.6 Å². The van der Waals surface area contributed by atoms with Gasteiger partial charge in [0.1, 0.15) is 0 Å². The highest BCUT2D eigenvalue weighted by Gasteiger charge is 2.19. The van der Waals surface area contributed by atoms with Crippen molar-refractivity contribution in [1.29, 1.82) is 0 Å². The van der Waals surface area contributed by atoms with E-state index in [0.29, 0.717) is 12.0 Å². The Morgan fingerprint density at radius 3 is 2.20 bits per heavy atom. The summed E-state index contributed by atoms with van der Waals surface area (Å²) in [6.45, 7) is 4.61. The normalized spacial score (nSPS) is 24.6. The van der Waals surface area contributed by atoms with Gasteiger partial charge in [-0.25, -0.2) is 0 Å². The molecule has 0 radical (unpaired) electrons. The molecule has 1 heterocycles. The summed E-state index contributed by atoms with van der Waals surface area (Å²) in [6, 6.07) is 0. The second-order valence-electron chi connectivity index (χ2n) is 2.37. The van der Waals surface area contributed by atoms with Crippen molar-refractivity contribution in [2.45, 2.75) is 32.5 Å². The third kappa shape index (κ3) is 8.21. The van der Waals surface area contributed by atoms with Crippen molar-refractivity contribution < 1.29 is 9.84 Å². The highest BCUT2D eigenvalue weighted by Crippen LogP contribution is 2.08. The Hall–Kier alpha value is 0.210. The lowest BCUT2D eigenvalue weighted by molar-refractivity contribution is 0.191. The quantitative estimate of drug-likeness (QED) is 0.497. The Morgan fingerprint density at radius 1 is 1.80 bits per heavy atom. The van der Waals surface area contributed by atoms with Crippen LogP contribution in [0.15, 0.2) is 0 Å². The van der Waals surface area contributed by atoms with E-state index in [9.17, 15) is 0 Å². The van der Waals surface area contributed by atoms with E-state index >= 15 is 0 Å². The first-order valence-electron chi connectivity index (χ1n) is 3.56. The predicted molar refractivity (Wildman–Crippen MR) is 42.4 cm³/mol. The standard InChI is InChI=1S/C4H10O.C3H5ClO/c1-3-4(2)5;4-1-3-2-5-3/h4-5H,3H2,1-2H3;3H,1-2H2. The number of rotatable bonds is 2. The second-order valence-corrected chi connectivity index (χ2v) is 2.68. The molecule has 0 aromatic carbocycles. The van der Waals surface area contributed by atoms with E-state index in [4.69, 9.17) is 21.4 Å². The Balaban J connectivity index is 0.000000162. The maximum absolute atomic E-state index is 8.36. The van der Waals surface area contributed by atoms with Crippen LogP contribution < -0.4 is 0 Å². The molecule has 1 aliphatic rings. The van der Waals surface area contributed by atoms with Crippen LogP contribution in [0, 0.1) is 0 Å². The number of hydrogen-bond donors (Lipinski definition) is 1. The molecule has 1 saturated heterocycles. The maximum Gasteiger partial charge on any atom is 0.0944 e. The van der Waals surface area contributed by atoms with Gasteiger partial charge >= 0.3 is 0 Å². The molecule has 0 amide bonds. The first-order valence-corrected chi connectivity index (χ1v) is 4.09. The number of ether oxygens (including phenoxy) is 1. The van der Waals surface area contributed by atoms with Gasteiger partial charge in [0.05, 0.1) is 24.7 Å². The molecule has 2 atom stereocenters. The zero-order chi connectivity index (χ0) is 7.98. The maximum atomic E-state index is 8.36. The molecule has 1 fully saturated rings. The fourth-order valence-electron chi connectivity index (χ4n) is 0.157. The largest absolute Gasteiger partial charge is 0.393 e. The van der Waals surface area contributed by atoms with Crippen LogP contribution in [-0.2, 0) is 4.74 Å². The van der Waals surface area contributed by atoms with E-state index in [-0.39, 0.29) is 6.10 Å². The summed E-state index contributed by atoms with van der Waals surface area (Å²) < 4.78 is 4.73. The monoisotopic (exact) mass is 166 g/mol. The summed E-state index contributed by atoms with van der Waals surface area (Å²) in [5.41, 5.74) is 0. The van der Waals surface area contributed by atoms with Crippen molar-refractivity contribution in [2.24, 2.45) is 0 Å². The van der Waals surface area contributed by atoms with Crippen molar-refractivity contribution in [2.75, 3.05) is 12.5 Å². The number of aliphatic hydroxyl groups is 1. The lowest BCUT2D eigenvalue weighted by atomic mass is 10.3. The van der Waals surface area contributed by atoms with Gasteiger partial charge in [0.15, 0.2) is 0 Å². The summed E-state index contributed by atoms with van der Waals surface area (Å²) >= 11 is 5.27. The number of aliphatic hydroxyl groups excluding tert-OH is 1. The van der Waals surface area contributed by atoms with Gasteiger partial charge in [-0.05, 0) is 13.3 Å². The third-order valence-electron chi connectivity index (χ3n) is 1.17. The topological polar surface area (TPSA) is 32.8 Å². The Bertz CT molecular complexity index is 70.0. The molecule has 0 aromatic heterocycles. The molecule has 3 heteroatoms. The van der Waals surface area contributed by atoms with Gasteiger partial charge in [-0.3, -0.25) is 0 Å². The average Bonchev–Trinajstić information content (AvgIpc) is 2.70. The predicted octanol–water partition coefficient (Wildman–Crippen LogP) is 1.40. The van der Waals surface area contributed by atoms with Crippen LogP contribution >= 0.6 is 11.6 Å². The Labute approximate surface area is 67.1 Å². The Kier molecular flexibility index (Phi) is 6.08. The molecular weight excluding hydrogens is 152 g/mol. The molecule has 0 aromatic rings. The van der Waals surface area contributed by atoms with Crippen LogP contribution in [0.1, 0.15) is 20.3 Å². The van der Waals surface area contributed by atoms with E-state index in [2.05, 4.69) is 0 Å². The molecule has 0 spiro atoms. The minimum Gasteiger partial charge on any atom is -0.393 e. The van der Waals surface area contributed by atoms with Gasteiger partial charge in [0, 0.05) is 0 Å². The average molecular weight is 167 g/mol. The third-order valence-corrected chi connectivity index (χ3v) is 1.51. The van der Waals surface area contributed by atoms with Crippen LogP contribution in [0.25, 0.3) is 0 Å². The first kappa shape index (κ1) is 10.2. The zero-order valence-electron chi connectivity index (χ0n) is 6.51. The number of alkyl halides is 1. The van der Waals surface area contributed by atoms with Crippen molar-refractivity contribution in [1.82, 2.24) is 0 Å². The number of epoxide rings is 1. The molecule has 1 aliphatic heterocycles. The molecule has 0 aliphatic carbocycles. The molecule has 1 rings (SSSR count). The second kappa shape index (κ2) is 5.96. The summed E-state index contributed by atoms with van der Waals surface area (Å²) in [5, 5.41) is 8.36. The van der Waals surface area contributed by atoms with Gasteiger partial charge in [0.25, 0.3) is 0 Å². The number of hydrogen-bond acceptors (Lipinski definition) is 2. The van der Waals surface area contributed by atoms with Crippen molar-refractivity contribution in [3.8, 4) is 0 Å². The molecular formula is C7H15ClO2. The van der Waals surface area contributed by atoms with E-state index in [0.717, 1.165) is 13.0 Å². The summed E-state index contributed by atoms with van der Waals surface area (Å²) in [6.07, 6.45) is 1.15.